The van der Waals surface area contributed by atoms with E-state index in [1.54, 1.807) is 18.2 Å². The molecule has 1 N–H and O–H groups in total. The largest absolute Gasteiger partial charge is 0.481 e. The summed E-state index contributed by atoms with van der Waals surface area (Å²) in [5.74, 6) is -1.81. The van der Waals surface area contributed by atoms with Crippen molar-refractivity contribution in [2.24, 2.45) is 0 Å². The molecule has 0 saturated heterocycles. The lowest BCUT2D eigenvalue weighted by Gasteiger charge is -2.06. The Morgan fingerprint density at radius 3 is 2.63 bits per heavy atom. The molecule has 2 aromatic rings. The van der Waals surface area contributed by atoms with Crippen molar-refractivity contribution in [1.82, 2.24) is 4.98 Å². The summed E-state index contributed by atoms with van der Waals surface area (Å²) in [4.78, 5) is 14.3. The van der Waals surface area contributed by atoms with Gasteiger partial charge in [-0.3, -0.25) is 9.78 Å². The number of pyridine rings is 1. The maximum atomic E-state index is 13.7. The van der Waals surface area contributed by atoms with Crippen molar-refractivity contribution in [3.05, 3.63) is 52.0 Å². The van der Waals surface area contributed by atoms with Crippen LogP contribution in [0.3, 0.4) is 0 Å². The van der Waals surface area contributed by atoms with E-state index in [2.05, 4.69) is 4.98 Å². The fourth-order valence-corrected chi connectivity index (χ4v) is 2.13. The number of carbonyl (C=O) groups is 1. The molecule has 1 heterocycles. The summed E-state index contributed by atoms with van der Waals surface area (Å²) in [7, 11) is 0. The van der Waals surface area contributed by atoms with Crippen LogP contribution >= 0.6 is 23.2 Å². The van der Waals surface area contributed by atoms with Crippen LogP contribution in [0.5, 0.6) is 0 Å². The molecular formula is C13H8Cl2FNO2. The molecule has 0 fully saturated rings. The predicted molar refractivity (Wildman–Crippen MR) is 71.0 cm³/mol. The van der Waals surface area contributed by atoms with E-state index in [9.17, 15) is 9.18 Å². The summed E-state index contributed by atoms with van der Waals surface area (Å²) in [6.07, 6.45) is 0.928. The van der Waals surface area contributed by atoms with Crippen LogP contribution < -0.4 is 0 Å². The van der Waals surface area contributed by atoms with E-state index in [4.69, 9.17) is 28.3 Å². The summed E-state index contributed by atoms with van der Waals surface area (Å²) in [6, 6.07) is 6.03. The number of halogens is 3. The van der Waals surface area contributed by atoms with Gasteiger partial charge in [0.1, 0.15) is 5.82 Å². The molecule has 0 spiro atoms. The third-order valence-electron chi connectivity index (χ3n) is 2.48. The third-order valence-corrected chi connectivity index (χ3v) is 3.03. The van der Waals surface area contributed by atoms with Crippen molar-refractivity contribution >= 4 is 29.2 Å². The Hall–Kier alpha value is -1.65. The zero-order chi connectivity index (χ0) is 14.0. The highest BCUT2D eigenvalue weighted by Gasteiger charge is 2.12. The fraction of sp³-hybridized carbons (Fsp3) is 0.0769. The van der Waals surface area contributed by atoms with E-state index in [-0.39, 0.29) is 5.69 Å². The van der Waals surface area contributed by atoms with E-state index in [1.807, 2.05) is 0 Å². The van der Waals surface area contributed by atoms with Crippen LogP contribution in [-0.4, -0.2) is 16.1 Å². The van der Waals surface area contributed by atoms with E-state index in [0.29, 0.717) is 21.2 Å². The van der Waals surface area contributed by atoms with E-state index < -0.39 is 18.2 Å². The van der Waals surface area contributed by atoms with Crippen molar-refractivity contribution in [1.29, 1.82) is 0 Å². The molecule has 0 amide bonds. The number of benzene rings is 1. The van der Waals surface area contributed by atoms with Gasteiger partial charge in [0.15, 0.2) is 0 Å². The van der Waals surface area contributed by atoms with Gasteiger partial charge < -0.3 is 5.11 Å². The van der Waals surface area contributed by atoms with Gasteiger partial charge in [-0.05, 0) is 18.2 Å². The lowest BCUT2D eigenvalue weighted by Crippen LogP contribution is -2.05. The number of hydrogen-bond donors (Lipinski definition) is 1. The Labute approximate surface area is 118 Å². The van der Waals surface area contributed by atoms with Gasteiger partial charge in [-0.25, -0.2) is 4.39 Å². The van der Waals surface area contributed by atoms with E-state index >= 15 is 0 Å². The van der Waals surface area contributed by atoms with Gasteiger partial charge in [-0.1, -0.05) is 29.3 Å². The van der Waals surface area contributed by atoms with Crippen LogP contribution in [0.15, 0.2) is 30.5 Å². The zero-order valence-corrected chi connectivity index (χ0v) is 11.0. The van der Waals surface area contributed by atoms with Gasteiger partial charge in [-0.2, -0.15) is 0 Å². The van der Waals surface area contributed by atoms with Gasteiger partial charge in [0.25, 0.3) is 0 Å². The third kappa shape index (κ3) is 3.22. The normalized spacial score (nSPS) is 10.5. The molecule has 2 rings (SSSR count). The van der Waals surface area contributed by atoms with Crippen LogP contribution in [0.1, 0.15) is 5.69 Å². The fourth-order valence-electron chi connectivity index (χ4n) is 1.61. The van der Waals surface area contributed by atoms with Crippen molar-refractivity contribution in [3.8, 4) is 11.1 Å². The number of aromatic nitrogens is 1. The first kappa shape index (κ1) is 13.8. The molecule has 0 aliphatic carbocycles. The molecule has 0 saturated carbocycles. The van der Waals surface area contributed by atoms with E-state index in [1.165, 1.54) is 12.3 Å². The second kappa shape index (κ2) is 5.55. The number of aliphatic carboxylic acids is 1. The van der Waals surface area contributed by atoms with Gasteiger partial charge in [0, 0.05) is 27.4 Å². The molecule has 0 aliphatic heterocycles. The summed E-state index contributed by atoms with van der Waals surface area (Å²) in [5.41, 5.74) is 0.939. The quantitative estimate of drug-likeness (QED) is 0.937. The van der Waals surface area contributed by atoms with Crippen molar-refractivity contribution in [3.63, 3.8) is 0 Å². The first-order valence-electron chi connectivity index (χ1n) is 5.29. The molecule has 0 radical (unpaired) electrons. The molecule has 0 atom stereocenters. The summed E-state index contributed by atoms with van der Waals surface area (Å²) in [5, 5.41) is 9.46. The van der Waals surface area contributed by atoms with E-state index in [0.717, 1.165) is 0 Å². The first-order chi connectivity index (χ1) is 8.97. The maximum absolute atomic E-state index is 13.7. The number of hydrogen-bond acceptors (Lipinski definition) is 2. The Morgan fingerprint density at radius 2 is 2.05 bits per heavy atom. The maximum Gasteiger partial charge on any atom is 0.309 e. The number of nitrogens with zero attached hydrogens (tertiary/aromatic N) is 1. The summed E-state index contributed by atoms with van der Waals surface area (Å²) >= 11 is 11.8. The predicted octanol–water partition coefficient (Wildman–Crippen LogP) is 3.82. The van der Waals surface area contributed by atoms with Gasteiger partial charge in [0.05, 0.1) is 12.1 Å². The Morgan fingerprint density at radius 1 is 1.32 bits per heavy atom. The van der Waals surface area contributed by atoms with Gasteiger partial charge >= 0.3 is 5.97 Å². The minimum Gasteiger partial charge on any atom is -0.481 e. The number of carboxylic acids is 1. The monoisotopic (exact) mass is 299 g/mol. The summed E-state index contributed by atoms with van der Waals surface area (Å²) < 4.78 is 13.7. The molecular weight excluding hydrogens is 292 g/mol. The van der Waals surface area contributed by atoms with Crippen LogP contribution in [0.2, 0.25) is 10.0 Å². The highest BCUT2D eigenvalue weighted by Crippen LogP contribution is 2.30. The smallest absolute Gasteiger partial charge is 0.309 e. The Bertz CT molecular complexity index is 647. The molecule has 0 aliphatic rings. The highest BCUT2D eigenvalue weighted by molar-refractivity contribution is 6.36. The Balaban J connectivity index is 2.41. The minimum absolute atomic E-state index is 0.110. The first-order valence-corrected chi connectivity index (χ1v) is 6.04. The Kier molecular flexibility index (Phi) is 4.02. The van der Waals surface area contributed by atoms with Crippen molar-refractivity contribution in [2.45, 2.75) is 6.42 Å². The standard InChI is InChI=1S/C13H8Cl2FNO2/c14-8-1-2-9(10(15)4-8)7-3-11(16)12(17-6-7)5-13(18)19/h1-4,6H,5H2,(H,18,19). The van der Waals surface area contributed by atoms with Crippen molar-refractivity contribution < 1.29 is 14.3 Å². The molecule has 0 unspecified atom stereocenters. The second-order valence-electron chi connectivity index (χ2n) is 3.85. The average molecular weight is 300 g/mol. The molecule has 3 nitrogen and oxygen atoms in total. The molecule has 0 bridgehead atoms. The summed E-state index contributed by atoms with van der Waals surface area (Å²) in [6.45, 7) is 0. The molecule has 6 heteroatoms. The molecule has 98 valence electrons. The zero-order valence-electron chi connectivity index (χ0n) is 9.53. The number of rotatable bonds is 3. The van der Waals surface area contributed by atoms with Gasteiger partial charge in [0.2, 0.25) is 0 Å². The lowest BCUT2D eigenvalue weighted by atomic mass is 10.1. The minimum atomic E-state index is -1.14. The van der Waals surface area contributed by atoms with Crippen LogP contribution in [0.4, 0.5) is 4.39 Å². The molecule has 1 aromatic carbocycles. The van der Waals surface area contributed by atoms with Crippen LogP contribution in [0, 0.1) is 5.82 Å². The second-order valence-corrected chi connectivity index (χ2v) is 4.69. The molecule has 19 heavy (non-hydrogen) atoms. The average Bonchev–Trinajstić information content (AvgIpc) is 2.31. The van der Waals surface area contributed by atoms with Crippen LogP contribution in [-0.2, 0) is 11.2 Å². The van der Waals surface area contributed by atoms with Crippen molar-refractivity contribution in [2.75, 3.05) is 0 Å². The number of carboxylic acid groups (broad SMARTS) is 1. The lowest BCUT2D eigenvalue weighted by molar-refractivity contribution is -0.136. The highest BCUT2D eigenvalue weighted by atomic mass is 35.5. The SMILES string of the molecule is O=C(O)Cc1ncc(-c2ccc(Cl)cc2Cl)cc1F. The molecule has 1 aromatic heterocycles. The topological polar surface area (TPSA) is 50.2 Å². The van der Waals surface area contributed by atoms with Crippen LogP contribution in [0.25, 0.3) is 11.1 Å². The van der Waals surface area contributed by atoms with Gasteiger partial charge in [-0.15, -0.1) is 0 Å².